The summed E-state index contributed by atoms with van der Waals surface area (Å²) in [6.07, 6.45) is -22.3. The molecule has 0 radical (unpaired) electrons. The SMILES string of the molecule is C[C@@H](OCC1(c2ccccc2)CC(N)(C(=O)N(C)C)C1)c1cc(C(F)(F)F)cc(C(F)(F)F)c1.C[C@@H](OCC1(c2ccccc2)CC(NC(=O)OC(C)(C)C)(C(=O)N(C)C)C1)c1cc(C(F)(F)F)cc(C(F)(F)F)c1. The molecule has 3 amide bonds. The average molecular weight is 1080 g/mol. The molecule has 22 heteroatoms. The second-order valence-corrected chi connectivity index (χ2v) is 20.8. The molecule has 412 valence electrons. The largest absolute Gasteiger partial charge is 0.444 e. The van der Waals surface area contributed by atoms with Crippen LogP contribution in [0.2, 0.25) is 0 Å². The van der Waals surface area contributed by atoms with Gasteiger partial charge in [0.1, 0.15) is 11.1 Å². The van der Waals surface area contributed by atoms with Crippen LogP contribution in [0.15, 0.2) is 97.1 Å². The van der Waals surface area contributed by atoms with Gasteiger partial charge in [-0.1, -0.05) is 60.7 Å². The van der Waals surface area contributed by atoms with Crippen LogP contribution in [0, 0.1) is 0 Å². The van der Waals surface area contributed by atoms with E-state index in [1.807, 2.05) is 12.1 Å². The summed E-state index contributed by atoms with van der Waals surface area (Å²) in [5.41, 5.74) is -3.23. The summed E-state index contributed by atoms with van der Waals surface area (Å²) < 4.78 is 177. The van der Waals surface area contributed by atoms with Crippen molar-refractivity contribution in [3.05, 3.63) is 142 Å². The maximum Gasteiger partial charge on any atom is 0.416 e. The molecule has 0 heterocycles. The summed E-state index contributed by atoms with van der Waals surface area (Å²) in [5.74, 6) is -0.657. The topological polar surface area (TPSA) is 123 Å². The first kappa shape index (κ1) is 60.0. The Bertz CT molecular complexity index is 2570. The van der Waals surface area contributed by atoms with Crippen LogP contribution in [0.5, 0.6) is 0 Å². The Hall–Kier alpha value is -5.87. The van der Waals surface area contributed by atoms with Gasteiger partial charge in [0.25, 0.3) is 0 Å². The summed E-state index contributed by atoms with van der Waals surface area (Å²) >= 11 is 0. The number of ether oxygens (including phenoxy) is 3. The monoisotopic (exact) mass is 1080 g/mol. The van der Waals surface area contributed by atoms with E-state index in [0.29, 0.717) is 24.3 Å². The minimum absolute atomic E-state index is 0.0323. The minimum atomic E-state index is -4.99. The summed E-state index contributed by atoms with van der Waals surface area (Å²) in [7, 11) is 6.25. The Morgan fingerprint density at radius 2 is 0.867 bits per heavy atom. The first-order chi connectivity index (χ1) is 34.2. The molecule has 3 N–H and O–H groups in total. The Labute approximate surface area is 426 Å². The van der Waals surface area contributed by atoms with E-state index in [1.54, 1.807) is 83.4 Å². The molecule has 4 aromatic carbocycles. The zero-order valence-corrected chi connectivity index (χ0v) is 42.6. The van der Waals surface area contributed by atoms with Gasteiger partial charge in [0.2, 0.25) is 11.8 Å². The van der Waals surface area contributed by atoms with Crippen LogP contribution >= 0.6 is 0 Å². The number of carbonyl (C=O) groups is 3. The normalized spacial score (nSPS) is 22.8. The van der Waals surface area contributed by atoms with Gasteiger partial charge in [-0.3, -0.25) is 9.59 Å². The predicted octanol–water partition coefficient (Wildman–Crippen LogP) is 12.2. The van der Waals surface area contributed by atoms with E-state index >= 15 is 0 Å². The van der Waals surface area contributed by atoms with E-state index < -0.39 is 98.7 Å². The van der Waals surface area contributed by atoms with Crippen LogP contribution in [0.1, 0.15) is 117 Å². The van der Waals surface area contributed by atoms with E-state index in [1.165, 1.54) is 37.7 Å². The highest BCUT2D eigenvalue weighted by atomic mass is 19.4. The highest BCUT2D eigenvalue weighted by Crippen LogP contribution is 2.53. The molecule has 2 saturated carbocycles. The second-order valence-electron chi connectivity index (χ2n) is 20.8. The molecular formula is C53H60F12N4O6. The number of benzene rings is 4. The number of rotatable bonds is 13. The van der Waals surface area contributed by atoms with Crippen LogP contribution in [0.4, 0.5) is 57.5 Å². The molecule has 4 aromatic rings. The Morgan fingerprint density at radius 1 is 0.547 bits per heavy atom. The average Bonchev–Trinajstić information content (AvgIpc) is 3.28. The first-order valence-corrected chi connectivity index (χ1v) is 23.4. The van der Waals surface area contributed by atoms with Crippen molar-refractivity contribution in [2.45, 2.75) is 125 Å². The number of halogens is 12. The van der Waals surface area contributed by atoms with Crippen molar-refractivity contribution in [3.8, 4) is 0 Å². The third-order valence-corrected chi connectivity index (χ3v) is 13.1. The minimum Gasteiger partial charge on any atom is -0.444 e. The van der Waals surface area contributed by atoms with Gasteiger partial charge in [-0.2, -0.15) is 52.7 Å². The quantitative estimate of drug-likeness (QED) is 0.128. The molecule has 2 aliphatic rings. The lowest BCUT2D eigenvalue weighted by Gasteiger charge is -2.56. The van der Waals surface area contributed by atoms with Crippen molar-refractivity contribution in [3.63, 3.8) is 0 Å². The molecule has 10 nitrogen and oxygen atoms in total. The Balaban J connectivity index is 0.000000282. The molecule has 0 saturated heterocycles. The highest BCUT2D eigenvalue weighted by Gasteiger charge is 2.62. The van der Waals surface area contributed by atoms with Crippen molar-refractivity contribution in [2.75, 3.05) is 41.4 Å². The number of alkyl halides is 12. The van der Waals surface area contributed by atoms with Gasteiger partial charge >= 0.3 is 30.8 Å². The van der Waals surface area contributed by atoms with Crippen molar-refractivity contribution >= 4 is 17.9 Å². The van der Waals surface area contributed by atoms with E-state index in [0.717, 1.165) is 11.1 Å². The zero-order chi connectivity index (χ0) is 56.5. The number of likely N-dealkylation sites (N-methyl/N-ethyl adjacent to an activating group) is 2. The molecule has 0 aliphatic heterocycles. The number of hydrogen-bond acceptors (Lipinski definition) is 7. The number of carbonyl (C=O) groups excluding carboxylic acids is 3. The number of amides is 3. The van der Waals surface area contributed by atoms with Crippen LogP contribution < -0.4 is 11.1 Å². The fourth-order valence-corrected chi connectivity index (χ4v) is 9.63. The van der Waals surface area contributed by atoms with E-state index in [9.17, 15) is 67.1 Å². The lowest BCUT2D eigenvalue weighted by Crippen LogP contribution is -2.71. The second kappa shape index (κ2) is 21.6. The van der Waals surface area contributed by atoms with Crippen molar-refractivity contribution in [1.82, 2.24) is 15.1 Å². The lowest BCUT2D eigenvalue weighted by atomic mass is 9.54. The molecule has 6 rings (SSSR count). The molecule has 0 unspecified atom stereocenters. The maximum atomic E-state index is 13.4. The lowest BCUT2D eigenvalue weighted by molar-refractivity contribution is -0.146. The molecule has 0 bridgehead atoms. The van der Waals surface area contributed by atoms with Gasteiger partial charge in [-0.05, 0) is 119 Å². The molecule has 0 aromatic heterocycles. The van der Waals surface area contributed by atoms with E-state index in [2.05, 4.69) is 5.32 Å². The van der Waals surface area contributed by atoms with Crippen LogP contribution in [0.3, 0.4) is 0 Å². The standard InChI is InChI=1S/C29H34F6N2O4.C24H26F6N2O2/c1-18(19-12-21(28(30,31)32)14-22(13-19)29(33,34)35)40-17-26(20-10-8-7-9-11-20)15-27(16-26,23(38)37(5)6)36-24(39)41-25(2,3)4;1-15(16-9-18(23(25,26)27)11-19(10-16)24(28,29)30)34-14-21(17-7-5-4-6-8-17)12-22(31,13-21)20(33)32(2)3/h7-14,18H,15-17H2,1-6H3,(H,36,39);4-11,15H,12-14,31H2,1-3H3/t18-,26?,27?;15-,21?,22?/m11/s1. The van der Waals surface area contributed by atoms with Crippen LogP contribution in [0.25, 0.3) is 0 Å². The molecule has 75 heavy (non-hydrogen) atoms. The predicted molar refractivity (Wildman–Crippen MR) is 253 cm³/mol. The van der Waals surface area contributed by atoms with Gasteiger partial charge in [0.05, 0.1) is 53.2 Å². The van der Waals surface area contributed by atoms with Gasteiger partial charge in [0.15, 0.2) is 0 Å². The third kappa shape index (κ3) is 14.3. The molecule has 2 fully saturated rings. The van der Waals surface area contributed by atoms with Crippen LogP contribution in [-0.2, 0) is 59.3 Å². The summed E-state index contributed by atoms with van der Waals surface area (Å²) in [6.45, 7) is 7.61. The van der Waals surface area contributed by atoms with E-state index in [-0.39, 0.29) is 68.1 Å². The van der Waals surface area contributed by atoms with Crippen LogP contribution in [-0.4, -0.2) is 85.8 Å². The smallest absolute Gasteiger partial charge is 0.416 e. The summed E-state index contributed by atoms with van der Waals surface area (Å²) in [4.78, 5) is 41.2. The summed E-state index contributed by atoms with van der Waals surface area (Å²) in [6, 6.07) is 20.7. The zero-order valence-electron chi connectivity index (χ0n) is 42.6. The first-order valence-electron chi connectivity index (χ1n) is 23.4. The number of nitrogens with zero attached hydrogens (tertiary/aromatic N) is 2. The van der Waals surface area contributed by atoms with Gasteiger partial charge in [-0.15, -0.1) is 0 Å². The van der Waals surface area contributed by atoms with Gasteiger partial charge in [-0.25, -0.2) is 4.79 Å². The molecule has 2 atom stereocenters. The molecular weight excluding hydrogens is 1020 g/mol. The maximum absolute atomic E-state index is 13.4. The third-order valence-electron chi connectivity index (χ3n) is 13.1. The Morgan fingerprint density at radius 3 is 1.16 bits per heavy atom. The number of nitrogens with one attached hydrogen (secondary N) is 1. The number of alkyl carbamates (subject to hydrolysis) is 1. The number of hydrogen-bond donors (Lipinski definition) is 2. The van der Waals surface area contributed by atoms with E-state index in [4.69, 9.17) is 19.9 Å². The number of nitrogens with two attached hydrogens (primary N) is 1. The molecule has 2 aliphatic carbocycles. The fourth-order valence-electron chi connectivity index (χ4n) is 9.63. The Kier molecular flexibility index (Phi) is 17.3. The van der Waals surface area contributed by atoms with Crippen molar-refractivity contribution in [2.24, 2.45) is 5.73 Å². The summed E-state index contributed by atoms with van der Waals surface area (Å²) in [5, 5.41) is 2.70. The van der Waals surface area contributed by atoms with Crippen molar-refractivity contribution < 1.29 is 81.3 Å². The highest BCUT2D eigenvalue weighted by molar-refractivity contribution is 5.92. The molecule has 0 spiro atoms. The van der Waals surface area contributed by atoms with Gasteiger partial charge < -0.3 is 35.1 Å². The van der Waals surface area contributed by atoms with Crippen molar-refractivity contribution in [1.29, 1.82) is 0 Å². The fraction of sp³-hybridized carbons (Fsp3) is 0.491. The van der Waals surface area contributed by atoms with Gasteiger partial charge in [0, 0.05) is 39.0 Å².